The number of fused-ring (bicyclic) bond motifs is 1. The minimum atomic E-state index is -0.924. The Hall–Kier alpha value is -2.03. The molecule has 0 saturated heterocycles. The molecule has 3 nitrogen and oxygen atoms in total. The number of hydrogen-bond donors (Lipinski definition) is 1. The number of aliphatic carboxylic acids is 1. The van der Waals surface area contributed by atoms with Crippen molar-refractivity contribution in [3.05, 3.63) is 41.6 Å². The molecule has 16 heavy (non-hydrogen) atoms. The van der Waals surface area contributed by atoms with E-state index in [0.717, 1.165) is 22.2 Å². The molecule has 2 rings (SSSR count). The van der Waals surface area contributed by atoms with Crippen LogP contribution in [-0.2, 0) is 11.8 Å². The average Bonchev–Trinajstić information content (AvgIpc) is 2.50. The molecule has 1 heterocycles. The van der Waals surface area contributed by atoms with Crippen molar-refractivity contribution in [3.8, 4) is 0 Å². The van der Waals surface area contributed by atoms with Gasteiger partial charge >= 0.3 is 5.97 Å². The number of para-hydroxylation sites is 1. The van der Waals surface area contributed by atoms with E-state index < -0.39 is 5.97 Å². The fourth-order valence-corrected chi connectivity index (χ4v) is 1.92. The molecular weight excluding hydrogens is 202 g/mol. The van der Waals surface area contributed by atoms with E-state index in [4.69, 9.17) is 5.11 Å². The van der Waals surface area contributed by atoms with Gasteiger partial charge in [0.05, 0.1) is 0 Å². The number of aromatic nitrogens is 1. The number of carboxylic acids is 1. The van der Waals surface area contributed by atoms with Crippen molar-refractivity contribution in [3.63, 3.8) is 0 Å². The van der Waals surface area contributed by atoms with Crippen LogP contribution in [0.3, 0.4) is 0 Å². The third-order valence-electron chi connectivity index (χ3n) is 2.84. The number of hydrogen-bond acceptors (Lipinski definition) is 1. The van der Waals surface area contributed by atoms with Crippen LogP contribution < -0.4 is 0 Å². The van der Waals surface area contributed by atoms with E-state index in [9.17, 15) is 4.79 Å². The van der Waals surface area contributed by atoms with Crippen molar-refractivity contribution in [2.75, 3.05) is 0 Å². The third-order valence-corrected chi connectivity index (χ3v) is 2.84. The van der Waals surface area contributed by atoms with Crippen LogP contribution in [0.15, 0.2) is 30.3 Å². The topological polar surface area (TPSA) is 42.2 Å². The number of aryl methyl sites for hydroxylation is 1. The normalized spacial score (nSPS) is 11.4. The predicted octanol–water partition coefficient (Wildman–Crippen LogP) is 2.58. The zero-order valence-electron chi connectivity index (χ0n) is 9.27. The van der Waals surface area contributed by atoms with E-state index in [0.29, 0.717) is 0 Å². The number of nitrogens with zero attached hydrogens (tertiary/aromatic N) is 1. The molecular formula is C13H13NO2. The van der Waals surface area contributed by atoms with Gasteiger partial charge in [0.25, 0.3) is 0 Å². The minimum Gasteiger partial charge on any atom is -0.478 e. The number of benzene rings is 1. The van der Waals surface area contributed by atoms with Gasteiger partial charge in [-0.05, 0) is 19.1 Å². The van der Waals surface area contributed by atoms with Gasteiger partial charge in [0, 0.05) is 35.3 Å². The van der Waals surface area contributed by atoms with Gasteiger partial charge in [0.2, 0.25) is 0 Å². The summed E-state index contributed by atoms with van der Waals surface area (Å²) >= 11 is 0. The van der Waals surface area contributed by atoms with E-state index >= 15 is 0 Å². The molecule has 3 heteroatoms. The smallest absolute Gasteiger partial charge is 0.328 e. The second-order valence-electron chi connectivity index (χ2n) is 3.75. The summed E-state index contributed by atoms with van der Waals surface area (Å²) in [4.78, 5) is 10.5. The highest BCUT2D eigenvalue weighted by Gasteiger charge is 2.08. The van der Waals surface area contributed by atoms with Gasteiger partial charge in [-0.3, -0.25) is 0 Å². The maximum absolute atomic E-state index is 10.5. The van der Waals surface area contributed by atoms with Crippen LogP contribution in [-0.4, -0.2) is 15.6 Å². The molecule has 0 radical (unpaired) electrons. The Bertz CT molecular complexity index is 579. The zero-order chi connectivity index (χ0) is 11.7. The monoisotopic (exact) mass is 215 g/mol. The summed E-state index contributed by atoms with van der Waals surface area (Å²) < 4.78 is 2.07. The van der Waals surface area contributed by atoms with Crippen molar-refractivity contribution in [1.82, 2.24) is 4.57 Å². The van der Waals surface area contributed by atoms with Crippen LogP contribution in [0.2, 0.25) is 0 Å². The second-order valence-corrected chi connectivity index (χ2v) is 3.75. The first kappa shape index (κ1) is 10.5. The zero-order valence-corrected chi connectivity index (χ0v) is 9.27. The first-order valence-electron chi connectivity index (χ1n) is 5.06. The van der Waals surface area contributed by atoms with Gasteiger partial charge < -0.3 is 9.67 Å². The Labute approximate surface area is 93.6 Å². The van der Waals surface area contributed by atoms with Crippen LogP contribution in [0.5, 0.6) is 0 Å². The molecule has 82 valence electrons. The second kappa shape index (κ2) is 3.85. The van der Waals surface area contributed by atoms with Crippen molar-refractivity contribution in [2.45, 2.75) is 6.92 Å². The largest absolute Gasteiger partial charge is 0.478 e. The van der Waals surface area contributed by atoms with Crippen LogP contribution in [0.25, 0.3) is 17.0 Å². The molecule has 0 amide bonds. The summed E-state index contributed by atoms with van der Waals surface area (Å²) in [5.74, 6) is -0.924. The summed E-state index contributed by atoms with van der Waals surface area (Å²) in [6, 6.07) is 7.97. The summed E-state index contributed by atoms with van der Waals surface area (Å²) in [6.07, 6.45) is 2.83. The molecule has 0 fully saturated rings. The van der Waals surface area contributed by atoms with E-state index in [2.05, 4.69) is 4.57 Å². The first-order chi connectivity index (χ1) is 7.61. The van der Waals surface area contributed by atoms with Gasteiger partial charge in [-0.25, -0.2) is 4.79 Å². The quantitative estimate of drug-likeness (QED) is 0.782. The first-order valence-corrected chi connectivity index (χ1v) is 5.06. The predicted molar refractivity (Wildman–Crippen MR) is 64.3 cm³/mol. The lowest BCUT2D eigenvalue weighted by Crippen LogP contribution is -1.90. The number of carboxylic acid groups (broad SMARTS) is 1. The van der Waals surface area contributed by atoms with E-state index in [1.807, 2.05) is 38.2 Å². The maximum atomic E-state index is 10.5. The molecule has 1 aromatic heterocycles. The molecule has 0 aliphatic carbocycles. The average molecular weight is 215 g/mol. The summed E-state index contributed by atoms with van der Waals surface area (Å²) in [5.41, 5.74) is 3.16. The Morgan fingerprint density at radius 2 is 2.06 bits per heavy atom. The Balaban J connectivity index is 2.69. The minimum absolute atomic E-state index is 0.924. The van der Waals surface area contributed by atoms with Gasteiger partial charge in [-0.1, -0.05) is 18.2 Å². The number of rotatable bonds is 2. The molecule has 2 aromatic rings. The molecule has 0 bridgehead atoms. The molecule has 0 aliphatic heterocycles. The molecule has 0 unspecified atom stereocenters. The van der Waals surface area contributed by atoms with Crippen LogP contribution in [0.1, 0.15) is 11.3 Å². The Morgan fingerprint density at radius 1 is 1.38 bits per heavy atom. The Kier molecular flexibility index (Phi) is 2.52. The van der Waals surface area contributed by atoms with Crippen LogP contribution in [0, 0.1) is 6.92 Å². The highest BCUT2D eigenvalue weighted by molar-refractivity contribution is 5.95. The summed E-state index contributed by atoms with van der Waals surface area (Å²) in [6.45, 7) is 1.99. The van der Waals surface area contributed by atoms with Crippen LogP contribution in [0.4, 0.5) is 0 Å². The summed E-state index contributed by atoms with van der Waals surface area (Å²) in [7, 11) is 1.98. The van der Waals surface area contributed by atoms with Gasteiger partial charge in [0.15, 0.2) is 0 Å². The third kappa shape index (κ3) is 1.60. The standard InChI is InChI=1S/C13H13NO2/c1-9-10(7-8-13(15)16)11-5-3-4-6-12(11)14(9)2/h3-8H,1-2H3,(H,15,16)/b8-7+. The molecule has 1 aromatic carbocycles. The lowest BCUT2D eigenvalue weighted by atomic mass is 10.1. The molecule has 0 saturated carbocycles. The van der Waals surface area contributed by atoms with Crippen molar-refractivity contribution >= 4 is 22.9 Å². The van der Waals surface area contributed by atoms with Gasteiger partial charge in [-0.15, -0.1) is 0 Å². The van der Waals surface area contributed by atoms with Crippen LogP contribution >= 0.6 is 0 Å². The fraction of sp³-hybridized carbons (Fsp3) is 0.154. The lowest BCUT2D eigenvalue weighted by molar-refractivity contribution is -0.131. The highest BCUT2D eigenvalue weighted by Crippen LogP contribution is 2.25. The maximum Gasteiger partial charge on any atom is 0.328 e. The summed E-state index contributed by atoms with van der Waals surface area (Å²) in [5, 5.41) is 9.73. The molecule has 1 N–H and O–H groups in total. The molecule has 0 spiro atoms. The van der Waals surface area contributed by atoms with E-state index in [-0.39, 0.29) is 0 Å². The van der Waals surface area contributed by atoms with Gasteiger partial charge in [-0.2, -0.15) is 0 Å². The van der Waals surface area contributed by atoms with Crippen molar-refractivity contribution in [1.29, 1.82) is 0 Å². The lowest BCUT2D eigenvalue weighted by Gasteiger charge is -1.97. The number of carbonyl (C=O) groups is 1. The van der Waals surface area contributed by atoms with E-state index in [1.54, 1.807) is 6.08 Å². The fourth-order valence-electron chi connectivity index (χ4n) is 1.92. The Morgan fingerprint density at radius 3 is 2.75 bits per heavy atom. The van der Waals surface area contributed by atoms with Crippen molar-refractivity contribution in [2.24, 2.45) is 7.05 Å². The molecule has 0 atom stereocenters. The van der Waals surface area contributed by atoms with Crippen molar-refractivity contribution < 1.29 is 9.90 Å². The van der Waals surface area contributed by atoms with Gasteiger partial charge in [0.1, 0.15) is 0 Å². The van der Waals surface area contributed by atoms with E-state index in [1.165, 1.54) is 6.08 Å². The highest BCUT2D eigenvalue weighted by atomic mass is 16.4. The molecule has 0 aliphatic rings. The SMILES string of the molecule is Cc1c(/C=C/C(=O)O)c2ccccc2n1C.